The Morgan fingerprint density at radius 2 is 1.56 bits per heavy atom. The van der Waals surface area contributed by atoms with Crippen LogP contribution < -0.4 is 10.1 Å². The largest absolute Gasteiger partial charge is 0.488 e. The van der Waals surface area contributed by atoms with Crippen molar-refractivity contribution in [2.45, 2.75) is 39.2 Å². The van der Waals surface area contributed by atoms with Crippen LogP contribution in [0, 0.1) is 0 Å². The number of nitrogens with one attached hydrogen (secondary N) is 1. The van der Waals surface area contributed by atoms with Crippen molar-refractivity contribution in [2.75, 3.05) is 5.32 Å². The topological polar surface area (TPSA) is 75.6 Å². The summed E-state index contributed by atoms with van der Waals surface area (Å²) in [6, 6.07) is 13.7. The van der Waals surface area contributed by atoms with Gasteiger partial charge in [0.25, 0.3) is 5.91 Å². The normalized spacial score (nSPS) is 12.3. The van der Waals surface area contributed by atoms with E-state index < -0.39 is 11.9 Å². The van der Waals surface area contributed by atoms with Crippen molar-refractivity contribution < 1.29 is 19.4 Å². The minimum atomic E-state index is -0.880. The van der Waals surface area contributed by atoms with Gasteiger partial charge in [-0.2, -0.15) is 0 Å². The molecule has 0 radical (unpaired) electrons. The summed E-state index contributed by atoms with van der Waals surface area (Å²) in [6.07, 6.45) is 0. The van der Waals surface area contributed by atoms with Gasteiger partial charge in [-0.05, 0) is 69.7 Å². The average Bonchev–Trinajstić information content (AvgIpc) is 2.54. The van der Waals surface area contributed by atoms with E-state index in [2.05, 4.69) is 5.32 Å². The summed E-state index contributed by atoms with van der Waals surface area (Å²) in [5.74, 6) is -0.994. The van der Waals surface area contributed by atoms with Crippen LogP contribution in [0.1, 0.15) is 49.5 Å². The van der Waals surface area contributed by atoms with Crippen molar-refractivity contribution in [1.29, 1.82) is 0 Å². The van der Waals surface area contributed by atoms with E-state index in [4.69, 9.17) is 9.84 Å². The summed E-state index contributed by atoms with van der Waals surface area (Å²) in [5, 5.41) is 11.8. The Labute approximate surface area is 147 Å². The van der Waals surface area contributed by atoms with Crippen molar-refractivity contribution >= 4 is 17.6 Å². The van der Waals surface area contributed by atoms with Crippen LogP contribution in [0.15, 0.2) is 48.5 Å². The Hall–Kier alpha value is -2.82. The highest BCUT2D eigenvalue weighted by Crippen LogP contribution is 2.21. The number of aliphatic carboxylic acids is 1. The van der Waals surface area contributed by atoms with Crippen molar-refractivity contribution in [3.05, 3.63) is 59.7 Å². The number of anilines is 1. The maximum absolute atomic E-state index is 12.3. The van der Waals surface area contributed by atoms with Crippen LogP contribution in [0.25, 0.3) is 0 Å². The third-order valence-electron chi connectivity index (χ3n) is 3.58. The standard InChI is InChI=1S/C20H23NO4/c1-13(19(23)24)14-5-9-16(10-6-14)21-18(22)15-7-11-17(12-8-15)25-20(2,3)4/h5-13H,1-4H3,(H,21,22)(H,23,24). The third-order valence-corrected chi connectivity index (χ3v) is 3.58. The number of carbonyl (C=O) groups excluding carboxylic acids is 1. The Bertz CT molecular complexity index is 743. The van der Waals surface area contributed by atoms with Crippen LogP contribution in [-0.4, -0.2) is 22.6 Å². The molecular formula is C20H23NO4. The molecule has 0 aliphatic heterocycles. The van der Waals surface area contributed by atoms with E-state index in [0.717, 1.165) is 0 Å². The summed E-state index contributed by atoms with van der Waals surface area (Å²) in [5.41, 5.74) is 1.53. The summed E-state index contributed by atoms with van der Waals surface area (Å²) in [4.78, 5) is 23.3. The van der Waals surface area contributed by atoms with Gasteiger partial charge in [0.2, 0.25) is 0 Å². The summed E-state index contributed by atoms with van der Waals surface area (Å²) in [6.45, 7) is 7.50. The fourth-order valence-corrected chi connectivity index (χ4v) is 2.23. The number of hydrogen-bond donors (Lipinski definition) is 2. The minimum Gasteiger partial charge on any atom is -0.488 e. The second-order valence-electron chi connectivity index (χ2n) is 6.87. The lowest BCUT2D eigenvalue weighted by atomic mass is 10.0. The molecular weight excluding hydrogens is 318 g/mol. The molecule has 2 aromatic rings. The molecule has 2 N–H and O–H groups in total. The summed E-state index contributed by atoms with van der Waals surface area (Å²) < 4.78 is 5.73. The lowest BCUT2D eigenvalue weighted by Gasteiger charge is -2.21. The van der Waals surface area contributed by atoms with Crippen molar-refractivity contribution in [3.63, 3.8) is 0 Å². The molecule has 1 unspecified atom stereocenters. The van der Waals surface area contributed by atoms with E-state index in [1.54, 1.807) is 55.5 Å². The first-order valence-corrected chi connectivity index (χ1v) is 8.09. The van der Waals surface area contributed by atoms with Gasteiger partial charge in [-0.15, -0.1) is 0 Å². The lowest BCUT2D eigenvalue weighted by Crippen LogP contribution is -2.23. The Kier molecular flexibility index (Phi) is 5.47. The Balaban J connectivity index is 2.03. The van der Waals surface area contributed by atoms with E-state index in [-0.39, 0.29) is 11.5 Å². The smallest absolute Gasteiger partial charge is 0.310 e. The molecule has 2 rings (SSSR count). The Morgan fingerprint density at radius 1 is 1.00 bits per heavy atom. The van der Waals surface area contributed by atoms with Crippen molar-refractivity contribution in [3.8, 4) is 5.75 Å². The molecule has 0 saturated heterocycles. The number of ether oxygens (including phenoxy) is 1. The number of carboxylic acids is 1. The maximum Gasteiger partial charge on any atom is 0.310 e. The third kappa shape index (κ3) is 5.35. The number of rotatable bonds is 5. The van der Waals surface area contributed by atoms with E-state index in [1.165, 1.54) is 0 Å². The van der Waals surface area contributed by atoms with Gasteiger partial charge in [0.1, 0.15) is 11.4 Å². The predicted molar refractivity (Wildman–Crippen MR) is 97.3 cm³/mol. The first kappa shape index (κ1) is 18.5. The first-order chi connectivity index (χ1) is 11.7. The van der Waals surface area contributed by atoms with Gasteiger partial charge in [0.05, 0.1) is 5.92 Å². The van der Waals surface area contributed by atoms with Gasteiger partial charge >= 0.3 is 5.97 Å². The maximum atomic E-state index is 12.3. The van der Waals surface area contributed by atoms with Crippen LogP contribution in [0.4, 0.5) is 5.69 Å². The van der Waals surface area contributed by atoms with E-state index >= 15 is 0 Å². The number of carboxylic acid groups (broad SMARTS) is 1. The van der Waals surface area contributed by atoms with Crippen molar-refractivity contribution in [2.24, 2.45) is 0 Å². The minimum absolute atomic E-state index is 0.235. The van der Waals surface area contributed by atoms with Crippen LogP contribution in [0.2, 0.25) is 0 Å². The number of benzene rings is 2. The first-order valence-electron chi connectivity index (χ1n) is 8.09. The summed E-state index contributed by atoms with van der Waals surface area (Å²) in [7, 11) is 0. The molecule has 0 spiro atoms. The number of hydrogen-bond acceptors (Lipinski definition) is 3. The molecule has 5 heteroatoms. The van der Waals surface area contributed by atoms with Gasteiger partial charge in [-0.1, -0.05) is 12.1 Å². The SMILES string of the molecule is CC(C(=O)O)c1ccc(NC(=O)c2ccc(OC(C)(C)C)cc2)cc1. The van der Waals surface area contributed by atoms with E-state index in [0.29, 0.717) is 22.6 Å². The quantitative estimate of drug-likeness (QED) is 0.850. The molecule has 132 valence electrons. The fourth-order valence-electron chi connectivity index (χ4n) is 2.23. The van der Waals surface area contributed by atoms with Gasteiger partial charge in [-0.25, -0.2) is 0 Å². The molecule has 2 aromatic carbocycles. The van der Waals surface area contributed by atoms with Crippen LogP contribution in [0.3, 0.4) is 0 Å². The zero-order chi connectivity index (χ0) is 18.6. The molecule has 0 fully saturated rings. The number of carbonyl (C=O) groups is 2. The molecule has 0 aliphatic carbocycles. The fraction of sp³-hybridized carbons (Fsp3) is 0.300. The molecule has 0 bridgehead atoms. The average molecular weight is 341 g/mol. The zero-order valence-corrected chi connectivity index (χ0v) is 14.9. The van der Waals surface area contributed by atoms with E-state index in [9.17, 15) is 9.59 Å². The van der Waals surface area contributed by atoms with Gasteiger partial charge in [0.15, 0.2) is 0 Å². The molecule has 1 atom stereocenters. The highest BCUT2D eigenvalue weighted by atomic mass is 16.5. The Morgan fingerprint density at radius 3 is 2.04 bits per heavy atom. The van der Waals surface area contributed by atoms with Crippen LogP contribution >= 0.6 is 0 Å². The highest BCUT2D eigenvalue weighted by Gasteiger charge is 2.14. The van der Waals surface area contributed by atoms with Gasteiger partial charge in [-0.3, -0.25) is 9.59 Å². The second kappa shape index (κ2) is 7.38. The molecule has 1 amide bonds. The molecule has 5 nitrogen and oxygen atoms in total. The second-order valence-corrected chi connectivity index (χ2v) is 6.87. The molecule has 0 aromatic heterocycles. The zero-order valence-electron chi connectivity index (χ0n) is 14.9. The monoisotopic (exact) mass is 341 g/mol. The summed E-state index contributed by atoms with van der Waals surface area (Å²) >= 11 is 0. The molecule has 0 aliphatic rings. The highest BCUT2D eigenvalue weighted by molar-refractivity contribution is 6.04. The predicted octanol–water partition coefficient (Wildman–Crippen LogP) is 4.30. The van der Waals surface area contributed by atoms with Crippen molar-refractivity contribution in [1.82, 2.24) is 0 Å². The van der Waals surface area contributed by atoms with Gasteiger partial charge < -0.3 is 15.2 Å². The lowest BCUT2D eigenvalue weighted by molar-refractivity contribution is -0.138. The van der Waals surface area contributed by atoms with Crippen LogP contribution in [-0.2, 0) is 4.79 Å². The molecule has 0 saturated carbocycles. The van der Waals surface area contributed by atoms with E-state index in [1.807, 2.05) is 20.8 Å². The molecule has 0 heterocycles. The number of amides is 1. The van der Waals surface area contributed by atoms with Crippen LogP contribution in [0.5, 0.6) is 5.75 Å². The molecule has 25 heavy (non-hydrogen) atoms. The van der Waals surface area contributed by atoms with Gasteiger partial charge in [0, 0.05) is 11.3 Å².